The van der Waals surface area contributed by atoms with Gasteiger partial charge in [-0.25, -0.2) is 4.79 Å². The van der Waals surface area contributed by atoms with E-state index in [1.807, 2.05) is 37.7 Å². The van der Waals surface area contributed by atoms with E-state index in [0.29, 0.717) is 29.8 Å². The number of benzene rings is 1. The zero-order valence-corrected chi connectivity index (χ0v) is 21.8. The summed E-state index contributed by atoms with van der Waals surface area (Å²) >= 11 is 5.56. The lowest BCUT2D eigenvalue weighted by Crippen LogP contribution is -2.22. The summed E-state index contributed by atoms with van der Waals surface area (Å²) in [6.07, 6.45) is 7.99. The number of esters is 1. The highest BCUT2D eigenvalue weighted by Crippen LogP contribution is 2.34. The first-order chi connectivity index (χ1) is 17.3. The van der Waals surface area contributed by atoms with Crippen molar-refractivity contribution in [1.82, 2.24) is 20.1 Å². The number of ether oxygens (including phenoxy) is 1. The number of hydrogen-bond acceptors (Lipinski definition) is 5. The first-order valence-corrected chi connectivity index (χ1v) is 12.7. The van der Waals surface area contributed by atoms with Gasteiger partial charge in [0.05, 0.1) is 12.3 Å². The number of nitrogens with one attached hydrogen (secondary N) is 2. The number of rotatable bonds is 9. The minimum Gasteiger partial charge on any atom is -0.463 e. The Labute approximate surface area is 216 Å². The average molecular weight is 505 g/mol. The van der Waals surface area contributed by atoms with Gasteiger partial charge in [0.15, 0.2) is 0 Å². The Bertz CT molecular complexity index is 1330. The molecule has 0 spiro atoms. The molecule has 0 atom stereocenters. The van der Waals surface area contributed by atoms with Crippen molar-refractivity contribution in [3.05, 3.63) is 80.9 Å². The van der Waals surface area contributed by atoms with E-state index in [4.69, 9.17) is 17.0 Å². The molecule has 188 valence electrons. The molecule has 0 aliphatic heterocycles. The maximum atomic E-state index is 12.7. The molecule has 1 aliphatic carbocycles. The van der Waals surface area contributed by atoms with Gasteiger partial charge in [0.1, 0.15) is 10.7 Å². The molecule has 36 heavy (non-hydrogen) atoms. The number of carbonyl (C=O) groups is 1. The largest absolute Gasteiger partial charge is 0.463 e. The number of pyridine rings is 1. The van der Waals surface area contributed by atoms with Gasteiger partial charge in [-0.1, -0.05) is 49.7 Å². The lowest BCUT2D eigenvalue weighted by Gasteiger charge is -2.26. The SMILES string of the molecule is CCOC(=O)/C(=C/c1cc(-c2cc(C(=S)NCc3ccc(=O)[nH]c3)nn2C)ccc1C)CC1CCC1. The summed E-state index contributed by atoms with van der Waals surface area (Å²) < 4.78 is 7.16. The van der Waals surface area contributed by atoms with Crippen LogP contribution in [0.1, 0.15) is 55.0 Å². The molecule has 4 rings (SSSR count). The van der Waals surface area contributed by atoms with E-state index in [2.05, 4.69) is 33.6 Å². The Hall–Kier alpha value is -3.52. The average Bonchev–Trinajstić information content (AvgIpc) is 3.23. The van der Waals surface area contributed by atoms with Crippen LogP contribution in [0.3, 0.4) is 0 Å². The predicted molar refractivity (Wildman–Crippen MR) is 146 cm³/mol. The molecule has 0 unspecified atom stereocenters. The number of aryl methyl sites for hydroxylation is 2. The van der Waals surface area contributed by atoms with Crippen LogP contribution in [-0.4, -0.2) is 32.3 Å². The van der Waals surface area contributed by atoms with Crippen molar-refractivity contribution in [2.24, 2.45) is 13.0 Å². The van der Waals surface area contributed by atoms with Crippen LogP contribution in [-0.2, 0) is 23.1 Å². The van der Waals surface area contributed by atoms with E-state index < -0.39 is 0 Å². The molecule has 0 amide bonds. The van der Waals surface area contributed by atoms with E-state index in [0.717, 1.165) is 39.9 Å². The van der Waals surface area contributed by atoms with Gasteiger partial charge in [-0.15, -0.1) is 0 Å². The highest BCUT2D eigenvalue weighted by molar-refractivity contribution is 7.80. The molecule has 2 heterocycles. The maximum Gasteiger partial charge on any atom is 0.334 e. The summed E-state index contributed by atoms with van der Waals surface area (Å²) in [5.41, 5.74) is 6.18. The lowest BCUT2D eigenvalue weighted by molar-refractivity contribution is -0.138. The quantitative estimate of drug-likeness (QED) is 0.250. The van der Waals surface area contributed by atoms with Crippen molar-refractivity contribution in [3.63, 3.8) is 0 Å². The number of carbonyl (C=O) groups excluding carboxylic acids is 1. The van der Waals surface area contributed by atoms with Crippen LogP contribution in [0.5, 0.6) is 0 Å². The zero-order chi connectivity index (χ0) is 25.7. The third kappa shape index (κ3) is 6.18. The third-order valence-electron chi connectivity index (χ3n) is 6.59. The minimum atomic E-state index is -0.226. The molecular formula is C28H32N4O3S. The second-order valence-electron chi connectivity index (χ2n) is 9.24. The van der Waals surface area contributed by atoms with Gasteiger partial charge in [-0.05, 0) is 61.1 Å². The van der Waals surface area contributed by atoms with Crippen LogP contribution in [0.25, 0.3) is 17.3 Å². The van der Waals surface area contributed by atoms with Crippen molar-refractivity contribution in [3.8, 4) is 11.3 Å². The first kappa shape index (κ1) is 25.6. The molecule has 8 heteroatoms. The molecule has 7 nitrogen and oxygen atoms in total. The van der Waals surface area contributed by atoms with Gasteiger partial charge in [0, 0.05) is 37.0 Å². The Morgan fingerprint density at radius 3 is 2.75 bits per heavy atom. The highest BCUT2D eigenvalue weighted by Gasteiger charge is 2.23. The fourth-order valence-electron chi connectivity index (χ4n) is 4.25. The first-order valence-electron chi connectivity index (χ1n) is 12.3. The lowest BCUT2D eigenvalue weighted by atomic mass is 9.80. The van der Waals surface area contributed by atoms with Crippen molar-refractivity contribution >= 4 is 29.3 Å². The topological polar surface area (TPSA) is 89.0 Å². The summed E-state index contributed by atoms with van der Waals surface area (Å²) in [6.45, 7) is 4.74. The second-order valence-corrected chi connectivity index (χ2v) is 9.65. The van der Waals surface area contributed by atoms with Crippen molar-refractivity contribution in [1.29, 1.82) is 0 Å². The second kappa shape index (κ2) is 11.5. The Balaban J connectivity index is 1.55. The Kier molecular flexibility index (Phi) is 8.15. The summed E-state index contributed by atoms with van der Waals surface area (Å²) in [5, 5.41) is 7.80. The van der Waals surface area contributed by atoms with Crippen LogP contribution in [0.2, 0.25) is 0 Å². The third-order valence-corrected chi connectivity index (χ3v) is 6.94. The summed E-state index contributed by atoms with van der Waals surface area (Å²) in [7, 11) is 1.89. The molecule has 2 aromatic heterocycles. The van der Waals surface area contributed by atoms with Gasteiger partial charge in [-0.2, -0.15) is 5.10 Å². The Morgan fingerprint density at radius 2 is 2.08 bits per heavy atom. The standard InChI is InChI=1S/C28H32N4O3S/c1-4-35-28(34)23(12-19-6-5-7-19)14-22-13-21(10-8-18(22)2)25-15-24(31-32(25)3)27(36)30-17-20-9-11-26(33)29-16-20/h8-11,13-16,19H,4-7,12,17H2,1-3H3,(H,29,33)(H,30,36)/b23-14+. The van der Waals surface area contributed by atoms with Crippen LogP contribution in [0, 0.1) is 12.8 Å². The monoisotopic (exact) mass is 504 g/mol. The van der Waals surface area contributed by atoms with Crippen LogP contribution < -0.4 is 10.9 Å². The molecule has 2 N–H and O–H groups in total. The van der Waals surface area contributed by atoms with Crippen molar-refractivity contribution in [2.75, 3.05) is 6.61 Å². The molecule has 0 bridgehead atoms. The fourth-order valence-corrected chi connectivity index (χ4v) is 4.42. The summed E-state index contributed by atoms with van der Waals surface area (Å²) in [6, 6.07) is 11.4. The molecule has 1 aliphatic rings. The number of thiocarbonyl (C=S) groups is 1. The summed E-state index contributed by atoms with van der Waals surface area (Å²) in [4.78, 5) is 27.1. The van der Waals surface area contributed by atoms with Crippen LogP contribution in [0.4, 0.5) is 0 Å². The normalized spacial score (nSPS) is 13.8. The van der Waals surface area contributed by atoms with E-state index in [1.165, 1.54) is 25.3 Å². The molecule has 1 aromatic carbocycles. The number of aromatic amines is 1. The van der Waals surface area contributed by atoms with E-state index >= 15 is 0 Å². The molecule has 1 saturated carbocycles. The van der Waals surface area contributed by atoms with Gasteiger partial charge >= 0.3 is 5.97 Å². The predicted octanol–water partition coefficient (Wildman–Crippen LogP) is 4.69. The molecule has 1 fully saturated rings. The molecule has 0 radical (unpaired) electrons. The van der Waals surface area contributed by atoms with E-state index in [9.17, 15) is 9.59 Å². The number of aromatic nitrogens is 3. The summed E-state index contributed by atoms with van der Waals surface area (Å²) in [5.74, 6) is 0.337. The molecular weight excluding hydrogens is 472 g/mol. The number of H-pyrrole nitrogens is 1. The highest BCUT2D eigenvalue weighted by atomic mass is 32.1. The molecule has 3 aromatic rings. The smallest absolute Gasteiger partial charge is 0.334 e. The van der Waals surface area contributed by atoms with Crippen LogP contribution in [0.15, 0.2) is 53.0 Å². The van der Waals surface area contributed by atoms with E-state index in [-0.39, 0.29) is 11.5 Å². The van der Waals surface area contributed by atoms with E-state index in [1.54, 1.807) is 12.3 Å². The van der Waals surface area contributed by atoms with Gasteiger partial charge in [0.2, 0.25) is 5.56 Å². The zero-order valence-electron chi connectivity index (χ0n) is 21.0. The number of nitrogens with zero attached hydrogens (tertiary/aromatic N) is 2. The van der Waals surface area contributed by atoms with Gasteiger partial charge in [0.25, 0.3) is 0 Å². The maximum absolute atomic E-state index is 12.7. The minimum absolute atomic E-state index is 0.138. The van der Waals surface area contributed by atoms with Gasteiger partial charge < -0.3 is 15.0 Å². The number of hydrogen-bond donors (Lipinski definition) is 2. The van der Waals surface area contributed by atoms with Gasteiger partial charge in [-0.3, -0.25) is 9.48 Å². The van der Waals surface area contributed by atoms with Crippen LogP contribution >= 0.6 is 12.2 Å². The molecule has 0 saturated heterocycles. The van der Waals surface area contributed by atoms with Crippen molar-refractivity contribution < 1.29 is 9.53 Å². The Morgan fingerprint density at radius 1 is 1.28 bits per heavy atom. The van der Waals surface area contributed by atoms with Crippen molar-refractivity contribution in [2.45, 2.75) is 46.1 Å². The fraction of sp³-hybridized carbons (Fsp3) is 0.357.